The summed E-state index contributed by atoms with van der Waals surface area (Å²) in [5.41, 5.74) is 1.29. The van der Waals surface area contributed by atoms with Crippen LogP contribution in [0.1, 0.15) is 12.5 Å². The van der Waals surface area contributed by atoms with E-state index in [1.807, 2.05) is 24.3 Å². The van der Waals surface area contributed by atoms with Crippen molar-refractivity contribution in [2.75, 3.05) is 31.7 Å². The van der Waals surface area contributed by atoms with Crippen LogP contribution in [0.2, 0.25) is 0 Å². The van der Waals surface area contributed by atoms with Crippen molar-refractivity contribution in [2.45, 2.75) is 13.3 Å². The van der Waals surface area contributed by atoms with Gasteiger partial charge in [-0.25, -0.2) is 8.42 Å². The number of sulfone groups is 1. The van der Waals surface area contributed by atoms with Crippen molar-refractivity contribution in [3.8, 4) is 5.75 Å². The molecule has 0 heterocycles. The molecule has 0 saturated heterocycles. The largest absolute Gasteiger partial charge is 0.492 e. The van der Waals surface area contributed by atoms with Gasteiger partial charge in [0.25, 0.3) is 0 Å². The Morgan fingerprint density at radius 2 is 1.83 bits per heavy atom. The van der Waals surface area contributed by atoms with Crippen LogP contribution >= 0.6 is 0 Å². The second kappa shape index (κ2) is 7.38. The fourth-order valence-corrected chi connectivity index (χ4v) is 1.96. The van der Waals surface area contributed by atoms with Crippen LogP contribution in [-0.4, -0.2) is 40.1 Å². The topological polar surface area (TPSA) is 55.4 Å². The number of hydrogen-bond donors (Lipinski definition) is 1. The van der Waals surface area contributed by atoms with E-state index in [1.54, 1.807) is 0 Å². The molecule has 0 fully saturated rings. The Balaban J connectivity index is 2.14. The first-order chi connectivity index (χ1) is 8.51. The fraction of sp³-hybridized carbons (Fsp3) is 0.538. The maximum Gasteiger partial charge on any atom is 0.148 e. The summed E-state index contributed by atoms with van der Waals surface area (Å²) < 4.78 is 27.3. The molecule has 0 amide bonds. The van der Waals surface area contributed by atoms with Gasteiger partial charge in [0, 0.05) is 19.3 Å². The van der Waals surface area contributed by atoms with E-state index in [0.29, 0.717) is 19.7 Å². The predicted molar refractivity (Wildman–Crippen MR) is 73.9 cm³/mol. The summed E-state index contributed by atoms with van der Waals surface area (Å²) in [5.74, 6) is 1.01. The Morgan fingerprint density at radius 1 is 1.17 bits per heavy atom. The summed E-state index contributed by atoms with van der Waals surface area (Å²) in [7, 11) is -2.87. The quantitative estimate of drug-likeness (QED) is 0.723. The van der Waals surface area contributed by atoms with Gasteiger partial charge >= 0.3 is 0 Å². The Labute approximate surface area is 109 Å². The second-order valence-corrected chi connectivity index (χ2v) is 6.49. The Morgan fingerprint density at radius 3 is 2.39 bits per heavy atom. The summed E-state index contributed by atoms with van der Waals surface area (Å²) >= 11 is 0. The minimum atomic E-state index is -2.87. The molecule has 1 rings (SSSR count). The lowest BCUT2D eigenvalue weighted by atomic mass is 10.2. The van der Waals surface area contributed by atoms with E-state index in [2.05, 4.69) is 12.2 Å². The molecule has 18 heavy (non-hydrogen) atoms. The maximum absolute atomic E-state index is 10.9. The van der Waals surface area contributed by atoms with Crippen molar-refractivity contribution in [3.05, 3.63) is 29.8 Å². The van der Waals surface area contributed by atoms with Crippen molar-refractivity contribution in [1.82, 2.24) is 5.32 Å². The van der Waals surface area contributed by atoms with Gasteiger partial charge in [-0.05, 0) is 24.1 Å². The second-order valence-electron chi connectivity index (χ2n) is 4.23. The summed E-state index contributed by atoms with van der Waals surface area (Å²) in [4.78, 5) is 0. The van der Waals surface area contributed by atoms with Gasteiger partial charge in [-0.3, -0.25) is 0 Å². The third-order valence-electron chi connectivity index (χ3n) is 2.53. The number of benzene rings is 1. The van der Waals surface area contributed by atoms with Crippen molar-refractivity contribution >= 4 is 9.84 Å². The predicted octanol–water partition coefficient (Wildman–Crippen LogP) is 1.26. The van der Waals surface area contributed by atoms with E-state index in [4.69, 9.17) is 4.74 Å². The van der Waals surface area contributed by atoms with E-state index in [0.717, 1.165) is 12.2 Å². The monoisotopic (exact) mass is 271 g/mol. The highest BCUT2D eigenvalue weighted by atomic mass is 32.2. The molecule has 0 radical (unpaired) electrons. The van der Waals surface area contributed by atoms with Gasteiger partial charge in [0.05, 0.1) is 5.75 Å². The lowest BCUT2D eigenvalue weighted by Gasteiger charge is -2.07. The van der Waals surface area contributed by atoms with Gasteiger partial charge in [-0.1, -0.05) is 19.1 Å². The Hall–Kier alpha value is -1.07. The van der Waals surface area contributed by atoms with Gasteiger partial charge in [0.15, 0.2) is 0 Å². The first kappa shape index (κ1) is 15.0. The van der Waals surface area contributed by atoms with Gasteiger partial charge in [-0.2, -0.15) is 0 Å². The SMILES string of the molecule is CCc1ccc(OCCNCCS(C)(=O)=O)cc1. The highest BCUT2D eigenvalue weighted by molar-refractivity contribution is 7.90. The van der Waals surface area contributed by atoms with Gasteiger partial charge in [0.2, 0.25) is 0 Å². The number of ether oxygens (including phenoxy) is 1. The Bertz CT molecular complexity index is 440. The van der Waals surface area contributed by atoms with Gasteiger partial charge in [0.1, 0.15) is 22.2 Å². The molecule has 0 aromatic heterocycles. The smallest absolute Gasteiger partial charge is 0.148 e. The summed E-state index contributed by atoms with van der Waals surface area (Å²) in [6.07, 6.45) is 2.26. The number of nitrogens with one attached hydrogen (secondary N) is 1. The van der Waals surface area contributed by atoms with Crippen LogP contribution in [0.15, 0.2) is 24.3 Å². The van der Waals surface area contributed by atoms with Crippen LogP contribution in [0.5, 0.6) is 5.75 Å². The molecule has 4 nitrogen and oxygen atoms in total. The first-order valence-corrected chi connectivity index (χ1v) is 8.17. The zero-order valence-electron chi connectivity index (χ0n) is 11.0. The van der Waals surface area contributed by atoms with Crippen molar-refractivity contribution in [3.63, 3.8) is 0 Å². The van der Waals surface area contributed by atoms with E-state index >= 15 is 0 Å². The molecule has 1 N–H and O–H groups in total. The van der Waals surface area contributed by atoms with E-state index < -0.39 is 9.84 Å². The molecule has 102 valence electrons. The highest BCUT2D eigenvalue weighted by Crippen LogP contribution is 2.11. The molecule has 0 bridgehead atoms. The van der Waals surface area contributed by atoms with Gasteiger partial charge < -0.3 is 10.1 Å². The molecule has 1 aromatic carbocycles. The average molecular weight is 271 g/mol. The molecule has 0 aliphatic heterocycles. The average Bonchev–Trinajstić information content (AvgIpc) is 2.33. The van der Waals surface area contributed by atoms with E-state index in [1.165, 1.54) is 11.8 Å². The Kier molecular flexibility index (Phi) is 6.15. The minimum Gasteiger partial charge on any atom is -0.492 e. The van der Waals surface area contributed by atoms with Crippen LogP contribution < -0.4 is 10.1 Å². The molecule has 0 saturated carbocycles. The highest BCUT2D eigenvalue weighted by Gasteiger charge is 2.00. The molecule has 0 aliphatic carbocycles. The van der Waals surface area contributed by atoms with Crippen LogP contribution in [0, 0.1) is 0 Å². The van der Waals surface area contributed by atoms with Crippen LogP contribution in [0.3, 0.4) is 0 Å². The van der Waals surface area contributed by atoms with Crippen molar-refractivity contribution in [2.24, 2.45) is 0 Å². The molecule has 0 atom stereocenters. The summed E-state index contributed by atoms with van der Waals surface area (Å²) in [6, 6.07) is 8.00. The van der Waals surface area contributed by atoms with Crippen LogP contribution in [0.25, 0.3) is 0 Å². The van der Waals surface area contributed by atoms with Crippen molar-refractivity contribution < 1.29 is 13.2 Å². The van der Waals surface area contributed by atoms with Crippen LogP contribution in [0.4, 0.5) is 0 Å². The minimum absolute atomic E-state index is 0.165. The molecule has 5 heteroatoms. The molecule has 1 aromatic rings. The van der Waals surface area contributed by atoms with E-state index in [-0.39, 0.29) is 5.75 Å². The number of rotatable bonds is 8. The number of hydrogen-bond acceptors (Lipinski definition) is 4. The maximum atomic E-state index is 10.9. The molecule has 0 spiro atoms. The molecular weight excluding hydrogens is 250 g/mol. The molecule has 0 aliphatic rings. The van der Waals surface area contributed by atoms with Crippen LogP contribution in [-0.2, 0) is 16.3 Å². The standard InChI is InChI=1S/C13H21NO3S/c1-3-12-4-6-13(7-5-12)17-10-8-14-9-11-18(2,15)16/h4-7,14H,3,8-11H2,1-2H3. The van der Waals surface area contributed by atoms with Crippen molar-refractivity contribution in [1.29, 1.82) is 0 Å². The first-order valence-electron chi connectivity index (χ1n) is 6.11. The fourth-order valence-electron chi connectivity index (χ4n) is 1.44. The zero-order chi connectivity index (χ0) is 13.4. The number of aryl methyl sites for hydroxylation is 1. The summed E-state index contributed by atoms with van der Waals surface area (Å²) in [5, 5.41) is 3.03. The molecule has 0 unspecified atom stereocenters. The normalized spacial score (nSPS) is 11.4. The van der Waals surface area contributed by atoms with Gasteiger partial charge in [-0.15, -0.1) is 0 Å². The van der Waals surface area contributed by atoms with E-state index in [9.17, 15) is 8.42 Å². The third kappa shape index (κ3) is 6.61. The molecular formula is C13H21NO3S. The lowest BCUT2D eigenvalue weighted by molar-refractivity contribution is 0.315. The zero-order valence-corrected chi connectivity index (χ0v) is 11.8. The summed E-state index contributed by atoms with van der Waals surface area (Å²) in [6.45, 7) is 3.76. The lowest BCUT2D eigenvalue weighted by Crippen LogP contribution is -2.26. The third-order valence-corrected chi connectivity index (χ3v) is 3.47.